The van der Waals surface area contributed by atoms with Gasteiger partial charge in [0.25, 0.3) is 0 Å². The molecule has 0 aromatic heterocycles. The summed E-state index contributed by atoms with van der Waals surface area (Å²) in [6.07, 6.45) is 4.04. The van der Waals surface area contributed by atoms with Crippen LogP contribution in [0, 0.1) is 5.41 Å². The van der Waals surface area contributed by atoms with Gasteiger partial charge in [0.2, 0.25) is 0 Å². The molecule has 0 heterocycles. The molecule has 1 unspecified atom stereocenters. The molecule has 0 saturated carbocycles. The summed E-state index contributed by atoms with van der Waals surface area (Å²) < 4.78 is 5.01. The van der Waals surface area contributed by atoms with Crippen molar-refractivity contribution in [1.29, 1.82) is 0 Å². The van der Waals surface area contributed by atoms with E-state index in [1.54, 1.807) is 0 Å². The summed E-state index contributed by atoms with van der Waals surface area (Å²) in [7, 11) is 1.12. The highest BCUT2D eigenvalue weighted by atomic mass is 16.5. The summed E-state index contributed by atoms with van der Waals surface area (Å²) in [6, 6.07) is 0. The van der Waals surface area contributed by atoms with Crippen LogP contribution >= 0.6 is 0 Å². The molecule has 77 valence electrons. The third kappa shape index (κ3) is 2.38. The fraction of sp³-hybridized carbons (Fsp3) is 0.700. The predicted molar refractivity (Wildman–Crippen MR) is 54.6 cm³/mol. The molecule has 1 atom stereocenters. The van der Waals surface area contributed by atoms with E-state index < -0.39 is 5.41 Å². The van der Waals surface area contributed by atoms with E-state index in [0.717, 1.165) is 25.8 Å². The second kappa shape index (κ2) is 4.64. The number of allylic oxidation sites excluding steroid dienone is 2. The Hall–Kier alpha value is -0.765. The van der Waals surface area contributed by atoms with E-state index in [4.69, 9.17) is 9.76 Å². The number of hydrogen-bond acceptors (Lipinski definition) is 3. The first-order valence-corrected chi connectivity index (χ1v) is 4.96. The van der Waals surface area contributed by atoms with Crippen molar-refractivity contribution in [3.8, 4) is 0 Å². The summed E-state index contributed by atoms with van der Waals surface area (Å²) >= 11 is 0. The molecule has 3 nitrogen and oxygen atoms in total. The van der Waals surface area contributed by atoms with Crippen molar-refractivity contribution >= 4 is 13.5 Å². The molecular weight excluding hydrogens is 179 g/mol. The Kier molecular flexibility index (Phi) is 3.75. The Morgan fingerprint density at radius 3 is 2.93 bits per heavy atom. The normalized spacial score (nSPS) is 26.6. The number of carbonyl (C=O) groups excluding carboxylic acids is 1. The number of carbonyl (C=O) groups is 1. The molecule has 14 heavy (non-hydrogen) atoms. The van der Waals surface area contributed by atoms with Crippen molar-refractivity contribution in [2.24, 2.45) is 5.41 Å². The van der Waals surface area contributed by atoms with Gasteiger partial charge in [0.1, 0.15) is 0 Å². The molecule has 0 bridgehead atoms. The first-order chi connectivity index (χ1) is 6.62. The van der Waals surface area contributed by atoms with E-state index in [-0.39, 0.29) is 5.97 Å². The highest BCUT2D eigenvalue weighted by Crippen LogP contribution is 2.35. The molecule has 1 aliphatic carbocycles. The fourth-order valence-corrected chi connectivity index (χ4v) is 1.59. The maximum absolute atomic E-state index is 11.6. The molecule has 0 fully saturated rings. The van der Waals surface area contributed by atoms with Gasteiger partial charge < -0.3 is 9.76 Å². The molecule has 4 heteroatoms. The van der Waals surface area contributed by atoms with Crippen molar-refractivity contribution in [2.75, 3.05) is 6.61 Å². The van der Waals surface area contributed by atoms with Crippen LogP contribution in [0.5, 0.6) is 0 Å². The fourth-order valence-electron chi connectivity index (χ4n) is 1.59. The van der Waals surface area contributed by atoms with E-state index in [0.29, 0.717) is 13.0 Å². The minimum atomic E-state index is -0.400. The quantitative estimate of drug-likeness (QED) is 0.544. The smallest absolute Gasteiger partial charge is 0.321 e. The van der Waals surface area contributed by atoms with Gasteiger partial charge in [-0.3, -0.25) is 4.79 Å². The lowest BCUT2D eigenvalue weighted by atomic mass is 9.70. The molecule has 0 aliphatic heterocycles. The number of ether oxygens (including phenoxy) is 1. The highest BCUT2D eigenvalue weighted by molar-refractivity contribution is 6.36. The summed E-state index contributed by atoms with van der Waals surface area (Å²) in [5.74, 6) is -0.131. The molecule has 0 aromatic carbocycles. The molecule has 0 amide bonds. The van der Waals surface area contributed by atoms with Crippen LogP contribution in [-0.2, 0) is 9.53 Å². The second-order valence-corrected chi connectivity index (χ2v) is 3.89. The Balaban J connectivity index is 2.61. The van der Waals surface area contributed by atoms with Crippen LogP contribution in [0.1, 0.15) is 33.1 Å². The van der Waals surface area contributed by atoms with E-state index in [1.807, 2.05) is 19.9 Å². The summed E-state index contributed by atoms with van der Waals surface area (Å²) in [6.45, 7) is 4.15. The van der Waals surface area contributed by atoms with Gasteiger partial charge in [0.05, 0.1) is 12.0 Å². The maximum atomic E-state index is 11.6. The van der Waals surface area contributed by atoms with Gasteiger partial charge in [0.15, 0.2) is 0 Å². The van der Waals surface area contributed by atoms with Gasteiger partial charge in [-0.05, 0) is 33.1 Å². The van der Waals surface area contributed by atoms with Crippen molar-refractivity contribution in [3.05, 3.63) is 11.5 Å². The van der Waals surface area contributed by atoms with Crippen molar-refractivity contribution in [1.82, 2.24) is 0 Å². The first-order valence-electron chi connectivity index (χ1n) is 4.96. The number of hydrogen-bond donors (Lipinski definition) is 1. The molecular formula is C10H16BO3. The van der Waals surface area contributed by atoms with Gasteiger partial charge in [-0.1, -0.05) is 11.5 Å². The lowest BCUT2D eigenvalue weighted by Crippen LogP contribution is -2.32. The van der Waals surface area contributed by atoms with Crippen LogP contribution in [0.15, 0.2) is 11.5 Å². The third-order valence-corrected chi connectivity index (χ3v) is 2.71. The molecule has 0 aromatic rings. The summed E-state index contributed by atoms with van der Waals surface area (Å²) in [5, 5.41) is 8.79. The van der Waals surface area contributed by atoms with E-state index >= 15 is 0 Å². The van der Waals surface area contributed by atoms with Crippen LogP contribution in [0.4, 0.5) is 0 Å². The summed E-state index contributed by atoms with van der Waals surface area (Å²) in [4.78, 5) is 11.6. The van der Waals surface area contributed by atoms with Gasteiger partial charge in [-0.2, -0.15) is 0 Å². The molecule has 1 rings (SSSR count). The average molecular weight is 195 g/mol. The van der Waals surface area contributed by atoms with Crippen molar-refractivity contribution < 1.29 is 14.6 Å². The molecule has 1 radical (unpaired) electrons. The lowest BCUT2D eigenvalue weighted by Gasteiger charge is -2.29. The SMILES string of the molecule is CCOC(=O)C1(C)CC=C([B]O)CC1. The zero-order valence-corrected chi connectivity index (χ0v) is 8.75. The molecule has 0 saturated heterocycles. The van der Waals surface area contributed by atoms with Crippen LogP contribution in [0.25, 0.3) is 0 Å². The van der Waals surface area contributed by atoms with Gasteiger partial charge in [-0.25, -0.2) is 0 Å². The Morgan fingerprint density at radius 2 is 2.50 bits per heavy atom. The van der Waals surface area contributed by atoms with Gasteiger partial charge in [0, 0.05) is 0 Å². The van der Waals surface area contributed by atoms with E-state index in [9.17, 15) is 4.79 Å². The third-order valence-electron chi connectivity index (χ3n) is 2.71. The standard InChI is InChI=1S/C10H16BO3/c1-3-14-9(12)10(2)6-4-8(11-13)5-7-10/h4,13H,3,5-7H2,1-2H3. The number of rotatable bonds is 3. The Labute approximate surface area is 85.4 Å². The Morgan fingerprint density at radius 1 is 1.79 bits per heavy atom. The number of esters is 1. The highest BCUT2D eigenvalue weighted by Gasteiger charge is 2.35. The molecule has 1 aliphatic rings. The van der Waals surface area contributed by atoms with Crippen LogP contribution in [0.3, 0.4) is 0 Å². The molecule has 1 N–H and O–H groups in total. The largest absolute Gasteiger partial charge is 0.466 e. The zero-order chi connectivity index (χ0) is 10.6. The van der Waals surface area contributed by atoms with E-state index in [2.05, 4.69) is 0 Å². The van der Waals surface area contributed by atoms with Crippen molar-refractivity contribution in [2.45, 2.75) is 33.1 Å². The van der Waals surface area contributed by atoms with Crippen LogP contribution in [0.2, 0.25) is 0 Å². The predicted octanol–water partition coefficient (Wildman–Crippen LogP) is 1.24. The van der Waals surface area contributed by atoms with Gasteiger partial charge in [-0.15, -0.1) is 0 Å². The monoisotopic (exact) mass is 195 g/mol. The van der Waals surface area contributed by atoms with Crippen LogP contribution in [-0.4, -0.2) is 25.1 Å². The van der Waals surface area contributed by atoms with E-state index in [1.165, 1.54) is 0 Å². The Bertz CT molecular complexity index is 250. The summed E-state index contributed by atoms with van der Waals surface area (Å²) in [5.41, 5.74) is 0.509. The van der Waals surface area contributed by atoms with Crippen molar-refractivity contribution in [3.63, 3.8) is 0 Å². The minimum absolute atomic E-state index is 0.131. The topological polar surface area (TPSA) is 46.5 Å². The van der Waals surface area contributed by atoms with Gasteiger partial charge >= 0.3 is 13.5 Å². The minimum Gasteiger partial charge on any atom is -0.466 e. The first kappa shape index (κ1) is 11.3. The lowest BCUT2D eigenvalue weighted by molar-refractivity contribution is -0.154. The average Bonchev–Trinajstić information content (AvgIpc) is 2.19. The zero-order valence-electron chi connectivity index (χ0n) is 8.75. The maximum Gasteiger partial charge on any atom is 0.321 e. The second-order valence-electron chi connectivity index (χ2n) is 3.89. The van der Waals surface area contributed by atoms with Crippen LogP contribution < -0.4 is 0 Å². The molecule has 0 spiro atoms.